The zero-order valence-electron chi connectivity index (χ0n) is 12.2. The molecule has 108 valence electrons. The second kappa shape index (κ2) is 6.65. The van der Waals surface area contributed by atoms with Gasteiger partial charge in [-0.15, -0.1) is 6.58 Å². The number of carbonyl (C=O) groups excluding carboxylic acids is 1. The highest BCUT2D eigenvalue weighted by Crippen LogP contribution is 2.22. The number of benzene rings is 1. The number of anilines is 2. The Bertz CT molecular complexity index is 630. The topological polar surface area (TPSA) is 66.9 Å². The number of rotatable bonds is 5. The van der Waals surface area contributed by atoms with Gasteiger partial charge in [-0.05, 0) is 25.0 Å². The number of hydrogen-bond donors (Lipinski definition) is 2. The van der Waals surface area contributed by atoms with Crippen LogP contribution in [0, 0.1) is 13.8 Å². The first-order chi connectivity index (χ1) is 10.1. The molecule has 0 spiro atoms. The molecule has 0 atom stereocenters. The molecule has 0 aliphatic carbocycles. The summed E-state index contributed by atoms with van der Waals surface area (Å²) in [6.45, 7) is 8.00. The van der Waals surface area contributed by atoms with Crippen molar-refractivity contribution in [1.82, 2.24) is 15.3 Å². The summed E-state index contributed by atoms with van der Waals surface area (Å²) in [6.07, 6.45) is 4.62. The van der Waals surface area contributed by atoms with E-state index < -0.39 is 0 Å². The summed E-state index contributed by atoms with van der Waals surface area (Å²) < 4.78 is 0. The summed E-state index contributed by atoms with van der Waals surface area (Å²) in [6, 6.07) is 6.06. The van der Waals surface area contributed by atoms with Gasteiger partial charge in [0, 0.05) is 12.2 Å². The summed E-state index contributed by atoms with van der Waals surface area (Å²) in [5.41, 5.74) is 3.55. The lowest BCUT2D eigenvalue weighted by atomic mass is 10.1. The first-order valence-electron chi connectivity index (χ1n) is 6.66. The Morgan fingerprint density at radius 3 is 2.52 bits per heavy atom. The van der Waals surface area contributed by atoms with Crippen LogP contribution >= 0.6 is 0 Å². The van der Waals surface area contributed by atoms with Gasteiger partial charge in [0.05, 0.1) is 12.4 Å². The van der Waals surface area contributed by atoms with E-state index in [9.17, 15) is 4.79 Å². The second-order valence-electron chi connectivity index (χ2n) is 4.68. The number of nitrogens with zero attached hydrogens (tertiary/aromatic N) is 2. The Labute approximate surface area is 124 Å². The minimum Gasteiger partial charge on any atom is -0.347 e. The first-order valence-corrected chi connectivity index (χ1v) is 6.66. The number of hydrogen-bond acceptors (Lipinski definition) is 4. The lowest BCUT2D eigenvalue weighted by Gasteiger charge is -2.11. The molecule has 0 aliphatic rings. The van der Waals surface area contributed by atoms with E-state index in [1.165, 1.54) is 6.20 Å². The zero-order valence-corrected chi connectivity index (χ0v) is 12.2. The van der Waals surface area contributed by atoms with Crippen molar-refractivity contribution in [3.05, 3.63) is 60.1 Å². The smallest absolute Gasteiger partial charge is 0.271 e. The second-order valence-corrected chi connectivity index (χ2v) is 4.68. The van der Waals surface area contributed by atoms with Crippen LogP contribution in [0.4, 0.5) is 11.5 Å². The average molecular weight is 282 g/mol. The van der Waals surface area contributed by atoms with E-state index >= 15 is 0 Å². The molecule has 5 nitrogen and oxygen atoms in total. The molecule has 0 unspecified atom stereocenters. The molecule has 0 bridgehead atoms. The number of aryl methyl sites for hydroxylation is 2. The van der Waals surface area contributed by atoms with Crippen LogP contribution < -0.4 is 10.6 Å². The maximum absolute atomic E-state index is 11.7. The number of amides is 1. The molecule has 0 fully saturated rings. The molecule has 1 aromatic carbocycles. The lowest BCUT2D eigenvalue weighted by Crippen LogP contribution is -2.24. The van der Waals surface area contributed by atoms with Gasteiger partial charge in [-0.3, -0.25) is 4.79 Å². The third-order valence-electron chi connectivity index (χ3n) is 3.03. The van der Waals surface area contributed by atoms with Gasteiger partial charge in [0.25, 0.3) is 5.91 Å². The number of aromatic nitrogens is 2. The summed E-state index contributed by atoms with van der Waals surface area (Å²) >= 11 is 0. The monoisotopic (exact) mass is 282 g/mol. The van der Waals surface area contributed by atoms with Crippen LogP contribution in [0.2, 0.25) is 0 Å². The number of carbonyl (C=O) groups is 1. The van der Waals surface area contributed by atoms with Crippen LogP contribution in [0.1, 0.15) is 21.6 Å². The van der Waals surface area contributed by atoms with Crippen LogP contribution in [0.15, 0.2) is 43.2 Å². The molecule has 0 aliphatic heterocycles. The SMILES string of the molecule is C=CCNC(=O)c1cnc(Nc2c(C)cccc2C)cn1. The summed E-state index contributed by atoms with van der Waals surface area (Å²) in [4.78, 5) is 20.0. The van der Waals surface area contributed by atoms with Gasteiger partial charge in [0.15, 0.2) is 0 Å². The van der Waals surface area contributed by atoms with Crippen molar-refractivity contribution in [1.29, 1.82) is 0 Å². The van der Waals surface area contributed by atoms with Crippen molar-refractivity contribution >= 4 is 17.4 Å². The molecule has 0 saturated carbocycles. The van der Waals surface area contributed by atoms with Crippen molar-refractivity contribution in [3.63, 3.8) is 0 Å². The fraction of sp³-hybridized carbons (Fsp3) is 0.188. The van der Waals surface area contributed by atoms with Crippen molar-refractivity contribution in [2.75, 3.05) is 11.9 Å². The molecule has 0 saturated heterocycles. The van der Waals surface area contributed by atoms with Crippen LogP contribution in [0.3, 0.4) is 0 Å². The van der Waals surface area contributed by atoms with Gasteiger partial charge in [-0.1, -0.05) is 24.3 Å². The van der Waals surface area contributed by atoms with Crippen molar-refractivity contribution in [2.24, 2.45) is 0 Å². The van der Waals surface area contributed by atoms with E-state index in [1.807, 2.05) is 32.0 Å². The van der Waals surface area contributed by atoms with E-state index in [0.717, 1.165) is 16.8 Å². The maximum Gasteiger partial charge on any atom is 0.271 e. The third kappa shape index (κ3) is 3.66. The zero-order chi connectivity index (χ0) is 15.2. The first kappa shape index (κ1) is 14.7. The minimum absolute atomic E-state index is 0.263. The molecular weight excluding hydrogens is 264 g/mol. The Hall–Kier alpha value is -2.69. The fourth-order valence-electron chi connectivity index (χ4n) is 1.90. The van der Waals surface area contributed by atoms with E-state index in [1.54, 1.807) is 12.3 Å². The standard InChI is InChI=1S/C16H18N4O/c1-4-8-17-16(21)13-9-19-14(10-18-13)20-15-11(2)6-5-7-12(15)3/h4-7,9-10H,1,8H2,2-3H3,(H,17,21)(H,19,20). The van der Waals surface area contributed by atoms with Gasteiger partial charge in [0.1, 0.15) is 11.5 Å². The largest absolute Gasteiger partial charge is 0.347 e. The Morgan fingerprint density at radius 1 is 1.24 bits per heavy atom. The highest BCUT2D eigenvalue weighted by Gasteiger charge is 2.08. The average Bonchev–Trinajstić information content (AvgIpc) is 2.49. The molecule has 2 rings (SSSR count). The molecule has 2 N–H and O–H groups in total. The normalized spacial score (nSPS) is 10.0. The highest BCUT2D eigenvalue weighted by molar-refractivity contribution is 5.92. The van der Waals surface area contributed by atoms with Crippen molar-refractivity contribution < 1.29 is 4.79 Å². The van der Waals surface area contributed by atoms with Crippen LogP contribution in [-0.2, 0) is 0 Å². The molecule has 0 radical (unpaired) electrons. The van der Waals surface area contributed by atoms with E-state index in [0.29, 0.717) is 12.4 Å². The van der Waals surface area contributed by atoms with E-state index in [4.69, 9.17) is 0 Å². The van der Waals surface area contributed by atoms with Gasteiger partial charge in [-0.25, -0.2) is 9.97 Å². The van der Waals surface area contributed by atoms with Gasteiger partial charge < -0.3 is 10.6 Å². The maximum atomic E-state index is 11.7. The predicted molar refractivity (Wildman–Crippen MR) is 83.8 cm³/mol. The van der Waals surface area contributed by atoms with Crippen molar-refractivity contribution in [3.8, 4) is 0 Å². The highest BCUT2D eigenvalue weighted by atomic mass is 16.1. The molecular formula is C16H18N4O. The van der Waals surface area contributed by atoms with E-state index in [-0.39, 0.29) is 11.6 Å². The number of nitrogens with one attached hydrogen (secondary N) is 2. The summed E-state index contributed by atoms with van der Waals surface area (Å²) in [5, 5.41) is 5.88. The van der Waals surface area contributed by atoms with Crippen LogP contribution in [-0.4, -0.2) is 22.4 Å². The third-order valence-corrected chi connectivity index (χ3v) is 3.03. The molecule has 21 heavy (non-hydrogen) atoms. The van der Waals surface area contributed by atoms with Crippen LogP contribution in [0.5, 0.6) is 0 Å². The predicted octanol–water partition coefficient (Wildman–Crippen LogP) is 2.75. The lowest BCUT2D eigenvalue weighted by molar-refractivity contribution is 0.0952. The van der Waals surface area contributed by atoms with Gasteiger partial charge in [-0.2, -0.15) is 0 Å². The van der Waals surface area contributed by atoms with Gasteiger partial charge in [0.2, 0.25) is 0 Å². The summed E-state index contributed by atoms with van der Waals surface area (Å²) in [5.74, 6) is 0.341. The molecule has 5 heteroatoms. The fourth-order valence-corrected chi connectivity index (χ4v) is 1.90. The molecule has 1 aromatic heterocycles. The molecule has 1 amide bonds. The molecule has 2 aromatic rings. The molecule has 1 heterocycles. The summed E-state index contributed by atoms with van der Waals surface area (Å²) in [7, 11) is 0. The van der Waals surface area contributed by atoms with E-state index in [2.05, 4.69) is 27.2 Å². The Morgan fingerprint density at radius 2 is 1.95 bits per heavy atom. The van der Waals surface area contributed by atoms with Gasteiger partial charge >= 0.3 is 0 Å². The Balaban J connectivity index is 2.12. The quantitative estimate of drug-likeness (QED) is 0.827. The minimum atomic E-state index is -0.263. The van der Waals surface area contributed by atoms with Crippen molar-refractivity contribution in [2.45, 2.75) is 13.8 Å². The van der Waals surface area contributed by atoms with Crippen LogP contribution in [0.25, 0.3) is 0 Å². The number of para-hydroxylation sites is 1. The Kier molecular flexibility index (Phi) is 4.66.